The summed E-state index contributed by atoms with van der Waals surface area (Å²) in [5, 5.41) is 4.43. The van der Waals surface area contributed by atoms with Gasteiger partial charge in [0.15, 0.2) is 0 Å². The molecule has 0 fully saturated rings. The van der Waals surface area contributed by atoms with E-state index in [0.717, 1.165) is 0 Å². The highest BCUT2D eigenvalue weighted by Crippen LogP contribution is 1.97. The molecular weight excluding hydrogens is 284 g/mol. The van der Waals surface area contributed by atoms with Gasteiger partial charge in [0.1, 0.15) is 0 Å². The Morgan fingerprint density at radius 1 is 1.00 bits per heavy atom. The Bertz CT molecular complexity index is 267. The standard InChI is InChI=1S/C4H8N2O5S4/c1-5-3(12)9-14(7)11-15(8)10-4(13)6-2/h1-2H3,(H,5,12)(H,6,13). The predicted octanol–water partition coefficient (Wildman–Crippen LogP) is -0.798. The fourth-order valence-corrected chi connectivity index (χ4v) is 1.61. The first kappa shape index (κ1) is 14.6. The molecule has 0 aliphatic carbocycles. The summed E-state index contributed by atoms with van der Waals surface area (Å²) in [6.45, 7) is 0. The average molecular weight is 292 g/mol. The van der Waals surface area contributed by atoms with E-state index in [9.17, 15) is 8.42 Å². The van der Waals surface area contributed by atoms with E-state index in [-0.39, 0.29) is 10.3 Å². The fourth-order valence-electron chi connectivity index (χ4n) is 0.280. The van der Waals surface area contributed by atoms with Crippen LogP contribution in [0.3, 0.4) is 0 Å². The first-order chi connectivity index (χ1) is 6.99. The first-order valence-electron chi connectivity index (χ1n) is 3.32. The van der Waals surface area contributed by atoms with Crippen LogP contribution in [0, 0.1) is 0 Å². The van der Waals surface area contributed by atoms with Gasteiger partial charge in [0, 0.05) is 14.1 Å². The molecule has 2 N–H and O–H groups in total. The van der Waals surface area contributed by atoms with Crippen molar-refractivity contribution in [2.75, 3.05) is 14.1 Å². The molecule has 0 bridgehead atoms. The molecule has 0 atom stereocenters. The van der Waals surface area contributed by atoms with Crippen molar-refractivity contribution < 1.29 is 20.4 Å². The van der Waals surface area contributed by atoms with Crippen LogP contribution in [-0.4, -0.2) is 32.9 Å². The van der Waals surface area contributed by atoms with Crippen LogP contribution < -0.4 is 10.6 Å². The maximum absolute atomic E-state index is 10.9. The van der Waals surface area contributed by atoms with Crippen molar-refractivity contribution >= 4 is 57.5 Å². The van der Waals surface area contributed by atoms with Gasteiger partial charge in [-0.3, -0.25) is 0 Å². The van der Waals surface area contributed by atoms with E-state index in [0.29, 0.717) is 0 Å². The van der Waals surface area contributed by atoms with Crippen molar-refractivity contribution in [1.29, 1.82) is 0 Å². The molecule has 0 aliphatic rings. The lowest BCUT2D eigenvalue weighted by Crippen LogP contribution is -2.24. The molecule has 0 saturated heterocycles. The van der Waals surface area contributed by atoms with E-state index in [1.54, 1.807) is 0 Å². The predicted molar refractivity (Wildman–Crippen MR) is 62.9 cm³/mol. The Hall–Kier alpha value is -0.360. The van der Waals surface area contributed by atoms with Gasteiger partial charge in [-0.1, -0.05) is 0 Å². The van der Waals surface area contributed by atoms with Crippen molar-refractivity contribution in [1.82, 2.24) is 10.6 Å². The molecule has 0 rings (SSSR count). The minimum absolute atomic E-state index is 0.165. The summed E-state index contributed by atoms with van der Waals surface area (Å²) in [5.41, 5.74) is 0. The van der Waals surface area contributed by atoms with Crippen LogP contribution in [0.4, 0.5) is 0 Å². The van der Waals surface area contributed by atoms with Crippen LogP contribution in [-0.2, 0) is 34.7 Å². The molecule has 0 heterocycles. The number of hydrogen-bond acceptors (Lipinski definition) is 7. The number of thiocarbonyl (C=S) groups is 2. The maximum atomic E-state index is 10.9. The zero-order valence-corrected chi connectivity index (χ0v) is 10.9. The molecule has 0 aromatic heterocycles. The summed E-state index contributed by atoms with van der Waals surface area (Å²) in [6, 6.07) is 0. The topological polar surface area (TPSA) is 85.9 Å². The molecule has 0 amide bonds. The molecule has 0 radical (unpaired) electrons. The summed E-state index contributed by atoms with van der Waals surface area (Å²) in [5.74, 6) is 0. The van der Waals surface area contributed by atoms with Gasteiger partial charge in [0.2, 0.25) is 0 Å². The van der Waals surface area contributed by atoms with Crippen LogP contribution in [0.15, 0.2) is 0 Å². The normalized spacial score (nSPS) is 13.5. The summed E-state index contributed by atoms with van der Waals surface area (Å²) in [7, 11) is 2.92. The average Bonchev–Trinajstić information content (AvgIpc) is 2.16. The van der Waals surface area contributed by atoms with E-state index in [1.165, 1.54) is 14.1 Å². The number of nitrogens with one attached hydrogen (secondary N) is 2. The van der Waals surface area contributed by atoms with Gasteiger partial charge in [-0.2, -0.15) is 8.42 Å². The zero-order chi connectivity index (χ0) is 11.8. The lowest BCUT2D eigenvalue weighted by atomic mass is 11.2. The van der Waals surface area contributed by atoms with E-state index in [4.69, 9.17) is 0 Å². The molecule has 7 nitrogen and oxygen atoms in total. The number of hydrogen-bond donors (Lipinski definition) is 2. The second kappa shape index (κ2) is 7.87. The molecule has 11 heteroatoms. The van der Waals surface area contributed by atoms with Gasteiger partial charge >= 0.3 is 22.7 Å². The van der Waals surface area contributed by atoms with Crippen molar-refractivity contribution in [3.8, 4) is 0 Å². The lowest BCUT2D eigenvalue weighted by molar-refractivity contribution is 0.425. The molecule has 0 spiro atoms. The Balaban J connectivity index is 3.92. The van der Waals surface area contributed by atoms with Crippen molar-refractivity contribution in [2.45, 2.75) is 0 Å². The van der Waals surface area contributed by atoms with Gasteiger partial charge in [-0.15, -0.1) is 3.63 Å². The highest BCUT2D eigenvalue weighted by molar-refractivity contribution is 7.90. The Morgan fingerprint density at radius 2 is 1.33 bits per heavy atom. The minimum atomic E-state index is -2.31. The Morgan fingerprint density at radius 3 is 1.60 bits per heavy atom. The summed E-state index contributed by atoms with van der Waals surface area (Å²) in [4.78, 5) is 0. The highest BCUT2D eigenvalue weighted by Gasteiger charge is 2.13. The third-order valence-electron chi connectivity index (χ3n) is 0.807. The largest absolute Gasteiger partial charge is 0.379 e. The van der Waals surface area contributed by atoms with Crippen LogP contribution in [0.25, 0.3) is 0 Å². The van der Waals surface area contributed by atoms with Gasteiger partial charge in [0.05, 0.1) is 0 Å². The van der Waals surface area contributed by atoms with Crippen LogP contribution in [0.5, 0.6) is 0 Å². The van der Waals surface area contributed by atoms with E-state index in [1.807, 2.05) is 0 Å². The van der Waals surface area contributed by atoms with Crippen molar-refractivity contribution in [2.24, 2.45) is 0 Å². The second-order valence-corrected chi connectivity index (χ2v) is 4.15. The molecule has 15 heavy (non-hydrogen) atoms. The quantitative estimate of drug-likeness (QED) is 0.647. The van der Waals surface area contributed by atoms with Crippen LogP contribution >= 0.6 is 24.4 Å². The summed E-state index contributed by atoms with van der Waals surface area (Å²) < 4.78 is 34.9. The minimum Gasteiger partial charge on any atom is -0.350 e. The van der Waals surface area contributed by atoms with Gasteiger partial charge < -0.3 is 19.0 Å². The molecule has 88 valence electrons. The molecule has 0 saturated carbocycles. The second-order valence-electron chi connectivity index (χ2n) is 1.72. The van der Waals surface area contributed by atoms with Crippen LogP contribution in [0.2, 0.25) is 0 Å². The smallest absolute Gasteiger partial charge is 0.350 e. The van der Waals surface area contributed by atoms with Crippen molar-refractivity contribution in [3.63, 3.8) is 0 Å². The fraction of sp³-hybridized carbons (Fsp3) is 0.500. The first-order valence-corrected chi connectivity index (χ1v) is 6.13. The Kier molecular flexibility index (Phi) is 7.68. The van der Waals surface area contributed by atoms with E-state index < -0.39 is 22.7 Å². The van der Waals surface area contributed by atoms with E-state index >= 15 is 0 Å². The SMILES string of the molecule is CNC(=S)OS(=O)OS(=O)OC(=S)NC. The molecular formula is C4H8N2O5S4. The van der Waals surface area contributed by atoms with Gasteiger partial charge in [-0.25, -0.2) is 0 Å². The molecule has 0 aliphatic heterocycles. The third kappa shape index (κ3) is 7.56. The monoisotopic (exact) mass is 292 g/mol. The van der Waals surface area contributed by atoms with Gasteiger partial charge in [0.25, 0.3) is 10.3 Å². The molecule has 0 unspecified atom stereocenters. The van der Waals surface area contributed by atoms with Crippen molar-refractivity contribution in [3.05, 3.63) is 0 Å². The summed E-state index contributed by atoms with van der Waals surface area (Å²) >= 11 is 4.39. The zero-order valence-electron chi connectivity index (χ0n) is 7.67. The number of rotatable bonds is 4. The van der Waals surface area contributed by atoms with E-state index in [2.05, 4.69) is 47.1 Å². The summed E-state index contributed by atoms with van der Waals surface area (Å²) in [6.07, 6.45) is 0. The third-order valence-corrected chi connectivity index (χ3v) is 3.09. The maximum Gasteiger partial charge on any atom is 0.379 e. The Labute approximate surface area is 103 Å². The highest BCUT2D eigenvalue weighted by atomic mass is 32.3. The van der Waals surface area contributed by atoms with Gasteiger partial charge in [-0.05, 0) is 24.4 Å². The van der Waals surface area contributed by atoms with Crippen LogP contribution in [0.1, 0.15) is 0 Å². The lowest BCUT2D eigenvalue weighted by Gasteiger charge is -2.04. The molecule has 0 aromatic carbocycles. The molecule has 0 aromatic rings.